The molecule has 0 radical (unpaired) electrons. The number of amides is 1. The van der Waals surface area contributed by atoms with Crippen LogP contribution in [0.5, 0.6) is 5.88 Å². The zero-order valence-corrected chi connectivity index (χ0v) is 11.6. The number of hydrogen-bond donors (Lipinski definition) is 2. The van der Waals surface area contributed by atoms with Crippen LogP contribution < -0.4 is 15.6 Å². The molecule has 2 N–H and O–H groups in total. The van der Waals surface area contributed by atoms with Crippen molar-refractivity contribution in [3.05, 3.63) is 52.5 Å². The van der Waals surface area contributed by atoms with E-state index in [1.165, 1.54) is 36.4 Å². The minimum atomic E-state index is -0.366. The molecule has 0 saturated carbocycles. The Morgan fingerprint density at radius 3 is 3.09 bits per heavy atom. The number of ether oxygens (including phenoxy) is 1. The molecule has 0 saturated heterocycles. The maximum Gasteiger partial charge on any atom is 0.272 e. The quantitative estimate of drug-likeness (QED) is 0.687. The van der Waals surface area contributed by atoms with Crippen molar-refractivity contribution in [1.29, 1.82) is 0 Å². The summed E-state index contributed by atoms with van der Waals surface area (Å²) in [4.78, 5) is 35.7. The Morgan fingerprint density at radius 1 is 1.41 bits per heavy atom. The van der Waals surface area contributed by atoms with Gasteiger partial charge in [0.15, 0.2) is 5.65 Å². The summed E-state index contributed by atoms with van der Waals surface area (Å²) >= 11 is 0. The van der Waals surface area contributed by atoms with Crippen LogP contribution in [0, 0.1) is 0 Å². The average molecular weight is 300 g/mol. The molecule has 9 nitrogen and oxygen atoms in total. The van der Waals surface area contributed by atoms with Crippen molar-refractivity contribution in [2.24, 2.45) is 0 Å². The van der Waals surface area contributed by atoms with E-state index in [1.54, 1.807) is 6.07 Å². The van der Waals surface area contributed by atoms with E-state index in [-0.39, 0.29) is 29.2 Å². The summed E-state index contributed by atoms with van der Waals surface area (Å²) in [6.07, 6.45) is 4.14. The van der Waals surface area contributed by atoms with Gasteiger partial charge in [-0.3, -0.25) is 14.7 Å². The first-order valence-electron chi connectivity index (χ1n) is 6.37. The van der Waals surface area contributed by atoms with E-state index in [4.69, 9.17) is 4.74 Å². The summed E-state index contributed by atoms with van der Waals surface area (Å²) in [5.74, 6) is 0.0500. The number of aromatic amines is 1. The first-order valence-corrected chi connectivity index (χ1v) is 6.37. The van der Waals surface area contributed by atoms with Crippen LogP contribution in [0.25, 0.3) is 5.65 Å². The molecule has 9 heteroatoms. The lowest BCUT2D eigenvalue weighted by Crippen LogP contribution is -2.24. The second-order valence-electron chi connectivity index (χ2n) is 4.36. The molecule has 0 unspecified atom stereocenters. The van der Waals surface area contributed by atoms with E-state index in [9.17, 15) is 9.59 Å². The Labute approximate surface area is 124 Å². The maximum absolute atomic E-state index is 12.2. The molecule has 3 rings (SSSR count). The topological polar surface area (TPSA) is 114 Å². The lowest BCUT2D eigenvalue weighted by molar-refractivity contribution is 0.0951. The van der Waals surface area contributed by atoms with Crippen LogP contribution >= 0.6 is 0 Å². The molecule has 0 spiro atoms. The molecule has 0 aromatic carbocycles. The number of nitrogens with one attached hydrogen (secondary N) is 2. The molecule has 0 aliphatic carbocycles. The van der Waals surface area contributed by atoms with E-state index in [1.807, 2.05) is 0 Å². The predicted molar refractivity (Wildman–Crippen MR) is 75.6 cm³/mol. The minimum absolute atomic E-state index is 0.201. The molecule has 0 bridgehead atoms. The predicted octanol–water partition coefficient (Wildman–Crippen LogP) is -0.249. The largest absolute Gasteiger partial charge is 0.481 e. The highest BCUT2D eigenvalue weighted by Crippen LogP contribution is 2.07. The van der Waals surface area contributed by atoms with Gasteiger partial charge in [0.05, 0.1) is 19.3 Å². The number of H-pyrrole nitrogens is 1. The third-order valence-corrected chi connectivity index (χ3v) is 3.01. The molecule has 3 aromatic rings. The first kappa shape index (κ1) is 13.7. The van der Waals surface area contributed by atoms with Gasteiger partial charge < -0.3 is 10.1 Å². The van der Waals surface area contributed by atoms with Crippen LogP contribution in [0.3, 0.4) is 0 Å². The van der Waals surface area contributed by atoms with Crippen molar-refractivity contribution in [1.82, 2.24) is 29.9 Å². The third kappa shape index (κ3) is 2.51. The Morgan fingerprint density at radius 2 is 2.27 bits per heavy atom. The average Bonchev–Trinajstić information content (AvgIpc) is 2.98. The van der Waals surface area contributed by atoms with Crippen LogP contribution in [0.15, 0.2) is 35.6 Å². The van der Waals surface area contributed by atoms with Gasteiger partial charge in [-0.1, -0.05) is 0 Å². The summed E-state index contributed by atoms with van der Waals surface area (Å²) in [5.41, 5.74) is 0.860. The molecular formula is C13H12N6O3. The number of carbonyl (C=O) groups excluding carboxylic acids is 1. The Bertz CT molecular complexity index is 885. The second kappa shape index (κ2) is 5.64. The van der Waals surface area contributed by atoms with Gasteiger partial charge in [-0.15, -0.1) is 0 Å². The fraction of sp³-hybridized carbons (Fsp3) is 0.154. The Balaban J connectivity index is 1.79. The van der Waals surface area contributed by atoms with Gasteiger partial charge in [0.1, 0.15) is 11.9 Å². The molecule has 0 aliphatic rings. The smallest absolute Gasteiger partial charge is 0.272 e. The fourth-order valence-corrected chi connectivity index (χ4v) is 1.94. The van der Waals surface area contributed by atoms with Crippen molar-refractivity contribution < 1.29 is 9.53 Å². The SMILES string of the molecule is COc1cc(CNC(=O)c2c[nH]n3c(=O)ccnc23)ncn1. The first-order chi connectivity index (χ1) is 10.7. The van der Waals surface area contributed by atoms with E-state index in [0.29, 0.717) is 11.6 Å². The highest BCUT2D eigenvalue weighted by molar-refractivity contribution is 5.99. The number of hydrogen-bond acceptors (Lipinski definition) is 6. The lowest BCUT2D eigenvalue weighted by Gasteiger charge is -2.04. The van der Waals surface area contributed by atoms with Gasteiger partial charge >= 0.3 is 0 Å². The highest BCUT2D eigenvalue weighted by Gasteiger charge is 2.14. The standard InChI is InChI=1S/C13H12N6O3/c1-22-10-4-8(16-7-17-10)5-15-13(21)9-6-18-19-11(20)2-3-14-12(9)19/h2-4,6-7,18H,5H2,1H3,(H,15,21). The van der Waals surface area contributed by atoms with Crippen LogP contribution in [-0.2, 0) is 6.54 Å². The van der Waals surface area contributed by atoms with Crippen LogP contribution in [0.4, 0.5) is 0 Å². The van der Waals surface area contributed by atoms with Crippen molar-refractivity contribution in [2.75, 3.05) is 7.11 Å². The minimum Gasteiger partial charge on any atom is -0.481 e. The fourth-order valence-electron chi connectivity index (χ4n) is 1.94. The summed E-state index contributed by atoms with van der Waals surface area (Å²) in [5, 5.41) is 5.39. The normalized spacial score (nSPS) is 10.6. The third-order valence-electron chi connectivity index (χ3n) is 3.01. The number of methoxy groups -OCH3 is 1. The number of fused-ring (bicyclic) bond motifs is 1. The van der Waals surface area contributed by atoms with Gasteiger partial charge in [-0.2, -0.15) is 0 Å². The van der Waals surface area contributed by atoms with Gasteiger partial charge in [-0.05, 0) is 0 Å². The van der Waals surface area contributed by atoms with Gasteiger partial charge in [0.25, 0.3) is 11.5 Å². The van der Waals surface area contributed by atoms with E-state index in [0.717, 1.165) is 0 Å². The van der Waals surface area contributed by atoms with Crippen LogP contribution in [-0.4, -0.2) is 37.6 Å². The number of rotatable bonds is 4. The number of nitrogens with zero attached hydrogens (tertiary/aromatic N) is 4. The zero-order valence-electron chi connectivity index (χ0n) is 11.6. The van der Waals surface area contributed by atoms with Crippen molar-refractivity contribution in [2.45, 2.75) is 6.54 Å². The van der Waals surface area contributed by atoms with Crippen molar-refractivity contribution >= 4 is 11.6 Å². The molecule has 112 valence electrons. The second-order valence-corrected chi connectivity index (χ2v) is 4.36. The zero-order chi connectivity index (χ0) is 15.5. The molecule has 1 amide bonds. The highest BCUT2D eigenvalue weighted by atomic mass is 16.5. The van der Waals surface area contributed by atoms with Gasteiger partial charge in [0, 0.05) is 24.5 Å². The van der Waals surface area contributed by atoms with E-state index < -0.39 is 0 Å². The monoisotopic (exact) mass is 300 g/mol. The molecule has 3 aromatic heterocycles. The van der Waals surface area contributed by atoms with E-state index >= 15 is 0 Å². The van der Waals surface area contributed by atoms with E-state index in [2.05, 4.69) is 25.4 Å². The number of aromatic nitrogens is 5. The summed E-state index contributed by atoms with van der Waals surface area (Å²) in [6, 6.07) is 2.93. The van der Waals surface area contributed by atoms with Crippen molar-refractivity contribution in [3.8, 4) is 5.88 Å². The summed E-state index contributed by atoms with van der Waals surface area (Å²) < 4.78 is 6.18. The summed E-state index contributed by atoms with van der Waals surface area (Å²) in [7, 11) is 1.50. The maximum atomic E-state index is 12.2. The molecule has 22 heavy (non-hydrogen) atoms. The Hall–Kier alpha value is -3.23. The molecule has 0 aliphatic heterocycles. The molecule has 3 heterocycles. The molecular weight excluding hydrogens is 288 g/mol. The van der Waals surface area contributed by atoms with Gasteiger partial charge in [-0.25, -0.2) is 19.5 Å². The van der Waals surface area contributed by atoms with Crippen LogP contribution in [0.1, 0.15) is 16.1 Å². The van der Waals surface area contributed by atoms with Gasteiger partial charge in [0.2, 0.25) is 5.88 Å². The molecule has 0 atom stereocenters. The summed E-state index contributed by atoms with van der Waals surface area (Å²) in [6.45, 7) is 0.201. The number of carbonyl (C=O) groups is 1. The lowest BCUT2D eigenvalue weighted by atomic mass is 10.3. The molecule has 0 fully saturated rings. The van der Waals surface area contributed by atoms with Crippen LogP contribution in [0.2, 0.25) is 0 Å². The Kier molecular flexibility index (Phi) is 3.52. The van der Waals surface area contributed by atoms with Crippen molar-refractivity contribution in [3.63, 3.8) is 0 Å².